The average molecular weight is 347 g/mol. The van der Waals surface area contributed by atoms with Crippen LogP contribution in [0.5, 0.6) is 0 Å². The molecule has 0 aliphatic rings. The van der Waals surface area contributed by atoms with Crippen molar-refractivity contribution < 1.29 is 4.79 Å². The molecule has 2 aromatic rings. The molecule has 0 bridgehead atoms. The number of nitriles is 1. The molecule has 4 nitrogen and oxygen atoms in total. The van der Waals surface area contributed by atoms with Gasteiger partial charge in [-0.05, 0) is 63.4 Å². The van der Waals surface area contributed by atoms with Gasteiger partial charge in [-0.15, -0.1) is 0 Å². The molecule has 0 fully saturated rings. The van der Waals surface area contributed by atoms with Gasteiger partial charge in [-0.3, -0.25) is 4.79 Å². The molecule has 1 N–H and O–H groups in total. The van der Waals surface area contributed by atoms with E-state index in [9.17, 15) is 10.1 Å². The summed E-state index contributed by atoms with van der Waals surface area (Å²) in [7, 11) is 0. The molecule has 0 aliphatic carbocycles. The maximum absolute atomic E-state index is 12.7. The van der Waals surface area contributed by atoms with Gasteiger partial charge in [-0.1, -0.05) is 29.8 Å². The first-order chi connectivity index (χ1) is 12.3. The Hall–Kier alpha value is -3.06. The molecule has 0 atom stereocenters. The Bertz CT molecular complexity index is 867. The third kappa shape index (κ3) is 4.52. The van der Waals surface area contributed by atoms with Crippen LogP contribution in [0.2, 0.25) is 0 Å². The summed E-state index contributed by atoms with van der Waals surface area (Å²) in [5, 5.41) is 12.4. The van der Waals surface area contributed by atoms with Crippen LogP contribution in [0.4, 0.5) is 11.4 Å². The highest BCUT2D eigenvalue weighted by Crippen LogP contribution is 2.23. The molecular weight excluding hydrogens is 322 g/mol. The highest BCUT2D eigenvalue weighted by atomic mass is 16.1. The Morgan fingerprint density at radius 2 is 1.77 bits per heavy atom. The Morgan fingerprint density at radius 3 is 2.31 bits per heavy atom. The summed E-state index contributed by atoms with van der Waals surface area (Å²) in [4.78, 5) is 14.6. The van der Waals surface area contributed by atoms with Gasteiger partial charge in [0.25, 0.3) is 5.91 Å². The first-order valence-corrected chi connectivity index (χ1v) is 8.70. The van der Waals surface area contributed by atoms with Crippen LogP contribution in [0.1, 0.15) is 29.2 Å². The van der Waals surface area contributed by atoms with E-state index in [1.54, 1.807) is 6.20 Å². The number of nitrogens with one attached hydrogen (secondary N) is 1. The van der Waals surface area contributed by atoms with Crippen LogP contribution in [-0.4, -0.2) is 12.5 Å². The van der Waals surface area contributed by atoms with Crippen molar-refractivity contribution in [2.45, 2.75) is 34.6 Å². The van der Waals surface area contributed by atoms with E-state index in [-0.39, 0.29) is 5.57 Å². The maximum Gasteiger partial charge on any atom is 0.267 e. The molecule has 1 amide bonds. The first-order valence-electron chi connectivity index (χ1n) is 8.70. The van der Waals surface area contributed by atoms with Crippen molar-refractivity contribution in [1.82, 2.24) is 0 Å². The van der Waals surface area contributed by atoms with E-state index in [1.165, 1.54) is 0 Å². The van der Waals surface area contributed by atoms with E-state index < -0.39 is 5.91 Å². The minimum atomic E-state index is -0.395. The minimum absolute atomic E-state index is 0.0766. The summed E-state index contributed by atoms with van der Waals surface area (Å²) in [5.41, 5.74) is 6.04. The molecule has 0 aliphatic heterocycles. The standard InChI is InChI=1S/C22H25N3O/c1-6-25(20-9-7-8-15(2)12-20)14-19(13-23)22(26)24-21-17(4)10-16(3)11-18(21)5/h7-12,14H,6H2,1-5H3,(H,24,26)/b19-14-. The van der Waals surface area contributed by atoms with Gasteiger partial charge in [0, 0.05) is 24.1 Å². The average Bonchev–Trinajstić information content (AvgIpc) is 2.59. The Balaban J connectivity index is 2.31. The molecule has 0 unspecified atom stereocenters. The number of hydrogen-bond donors (Lipinski definition) is 1. The lowest BCUT2D eigenvalue weighted by Gasteiger charge is -2.20. The second-order valence-corrected chi connectivity index (χ2v) is 6.51. The van der Waals surface area contributed by atoms with Crippen LogP contribution in [-0.2, 0) is 4.79 Å². The molecular formula is C22H25N3O. The second kappa shape index (κ2) is 8.35. The van der Waals surface area contributed by atoms with Crippen molar-refractivity contribution in [2.75, 3.05) is 16.8 Å². The van der Waals surface area contributed by atoms with E-state index in [4.69, 9.17) is 0 Å². The Kier molecular flexibility index (Phi) is 6.19. The molecule has 0 saturated heterocycles. The number of amides is 1. The summed E-state index contributed by atoms with van der Waals surface area (Å²) in [6, 6.07) is 14.0. The van der Waals surface area contributed by atoms with Gasteiger partial charge in [0.05, 0.1) is 0 Å². The predicted octanol–water partition coefficient (Wildman–Crippen LogP) is 4.79. The van der Waals surface area contributed by atoms with Crippen molar-refractivity contribution in [1.29, 1.82) is 5.26 Å². The van der Waals surface area contributed by atoms with E-state index in [1.807, 2.05) is 82.0 Å². The van der Waals surface area contributed by atoms with Crippen molar-refractivity contribution in [3.05, 3.63) is 70.4 Å². The quantitative estimate of drug-likeness (QED) is 0.625. The molecule has 0 spiro atoms. The zero-order chi connectivity index (χ0) is 19.3. The van der Waals surface area contributed by atoms with Gasteiger partial charge >= 0.3 is 0 Å². The highest BCUT2D eigenvalue weighted by Gasteiger charge is 2.14. The van der Waals surface area contributed by atoms with Gasteiger partial charge in [0.15, 0.2) is 0 Å². The van der Waals surface area contributed by atoms with Crippen LogP contribution >= 0.6 is 0 Å². The number of carbonyl (C=O) groups is 1. The molecule has 0 radical (unpaired) electrons. The summed E-state index contributed by atoms with van der Waals surface area (Å²) in [6.07, 6.45) is 1.61. The van der Waals surface area contributed by atoms with Crippen LogP contribution in [0, 0.1) is 39.0 Å². The zero-order valence-electron chi connectivity index (χ0n) is 16.1. The first kappa shape index (κ1) is 19.3. The monoisotopic (exact) mass is 347 g/mol. The van der Waals surface area contributed by atoms with Crippen molar-refractivity contribution in [2.24, 2.45) is 0 Å². The lowest BCUT2D eigenvalue weighted by atomic mass is 10.0. The van der Waals surface area contributed by atoms with Crippen molar-refractivity contribution in [3.63, 3.8) is 0 Å². The molecule has 4 heteroatoms. The topological polar surface area (TPSA) is 56.1 Å². The third-order valence-corrected chi connectivity index (χ3v) is 4.24. The van der Waals surface area contributed by atoms with E-state index in [0.29, 0.717) is 6.54 Å². The van der Waals surface area contributed by atoms with Gasteiger partial charge in [-0.2, -0.15) is 5.26 Å². The fourth-order valence-corrected chi connectivity index (χ4v) is 3.01. The van der Waals surface area contributed by atoms with Gasteiger partial charge < -0.3 is 10.2 Å². The fourth-order valence-electron chi connectivity index (χ4n) is 3.01. The zero-order valence-corrected chi connectivity index (χ0v) is 16.1. The largest absolute Gasteiger partial charge is 0.347 e. The van der Waals surface area contributed by atoms with Crippen LogP contribution in [0.25, 0.3) is 0 Å². The summed E-state index contributed by atoms with van der Waals surface area (Å²) in [5.74, 6) is -0.395. The van der Waals surface area contributed by atoms with E-state index in [2.05, 4.69) is 5.32 Å². The fraction of sp³-hybridized carbons (Fsp3) is 0.273. The number of rotatable bonds is 5. The number of nitrogens with zero attached hydrogens (tertiary/aromatic N) is 2. The normalized spacial score (nSPS) is 11.0. The predicted molar refractivity (Wildman–Crippen MR) is 107 cm³/mol. The lowest BCUT2D eigenvalue weighted by Crippen LogP contribution is -2.21. The molecule has 0 heterocycles. The van der Waals surface area contributed by atoms with E-state index in [0.717, 1.165) is 33.6 Å². The van der Waals surface area contributed by atoms with Crippen molar-refractivity contribution in [3.8, 4) is 6.07 Å². The molecule has 0 aromatic heterocycles. The summed E-state index contributed by atoms with van der Waals surface area (Å²) >= 11 is 0. The minimum Gasteiger partial charge on any atom is -0.347 e. The smallest absolute Gasteiger partial charge is 0.267 e. The third-order valence-electron chi connectivity index (χ3n) is 4.24. The number of benzene rings is 2. The van der Waals surface area contributed by atoms with Gasteiger partial charge in [0.1, 0.15) is 11.6 Å². The van der Waals surface area contributed by atoms with Crippen LogP contribution in [0.3, 0.4) is 0 Å². The summed E-state index contributed by atoms with van der Waals surface area (Å²) in [6.45, 7) is 10.6. The molecule has 26 heavy (non-hydrogen) atoms. The molecule has 2 aromatic carbocycles. The Morgan fingerprint density at radius 1 is 1.12 bits per heavy atom. The second-order valence-electron chi connectivity index (χ2n) is 6.51. The summed E-state index contributed by atoms with van der Waals surface area (Å²) < 4.78 is 0. The molecule has 134 valence electrons. The SMILES string of the molecule is CCN(/C=C(/C#N)C(=O)Nc1c(C)cc(C)cc1C)c1cccc(C)c1. The van der Waals surface area contributed by atoms with Crippen LogP contribution in [0.15, 0.2) is 48.2 Å². The number of anilines is 2. The number of hydrogen-bond acceptors (Lipinski definition) is 3. The molecule has 2 rings (SSSR count). The highest BCUT2D eigenvalue weighted by molar-refractivity contribution is 6.07. The number of carbonyl (C=O) groups excluding carboxylic acids is 1. The van der Waals surface area contributed by atoms with Crippen LogP contribution < -0.4 is 10.2 Å². The van der Waals surface area contributed by atoms with Gasteiger partial charge in [0.2, 0.25) is 0 Å². The van der Waals surface area contributed by atoms with E-state index >= 15 is 0 Å². The van der Waals surface area contributed by atoms with Crippen molar-refractivity contribution >= 4 is 17.3 Å². The number of aryl methyl sites for hydroxylation is 4. The maximum atomic E-state index is 12.7. The lowest BCUT2D eigenvalue weighted by molar-refractivity contribution is -0.112. The Labute approximate surface area is 155 Å². The van der Waals surface area contributed by atoms with Gasteiger partial charge in [-0.25, -0.2) is 0 Å². The molecule has 0 saturated carbocycles.